The predicted molar refractivity (Wildman–Crippen MR) is 71.5 cm³/mol. The Morgan fingerprint density at radius 2 is 2.33 bits per heavy atom. The van der Waals surface area contributed by atoms with Crippen molar-refractivity contribution in [2.75, 3.05) is 12.8 Å². The van der Waals surface area contributed by atoms with Crippen LogP contribution in [0.1, 0.15) is 26.2 Å². The molecule has 0 aromatic carbocycles. The first-order valence-electron chi connectivity index (χ1n) is 5.87. The van der Waals surface area contributed by atoms with Gasteiger partial charge in [-0.25, -0.2) is 9.89 Å². The summed E-state index contributed by atoms with van der Waals surface area (Å²) >= 11 is 1.55. The molecule has 0 aliphatic heterocycles. The van der Waals surface area contributed by atoms with E-state index in [0.29, 0.717) is 5.16 Å². The maximum absolute atomic E-state index is 11.1. The fraction of sp³-hybridized carbons (Fsp3) is 0.727. The molecule has 1 aromatic rings. The molecule has 1 atom stereocenters. The Kier molecular flexibility index (Phi) is 5.44. The Morgan fingerprint density at radius 3 is 2.83 bits per heavy atom. The molecule has 0 aliphatic carbocycles. The van der Waals surface area contributed by atoms with Crippen molar-refractivity contribution >= 4 is 11.8 Å². The Labute approximate surface area is 111 Å². The normalized spacial score (nSPS) is 14.1. The van der Waals surface area contributed by atoms with Gasteiger partial charge in [-0.2, -0.15) is 5.26 Å². The topological polar surface area (TPSA) is 86.5 Å². The number of nitrogens with one attached hydrogen (secondary N) is 2. The number of aromatic nitrogens is 3. The molecule has 2 N–H and O–H groups in total. The zero-order chi connectivity index (χ0) is 13.6. The molecule has 18 heavy (non-hydrogen) atoms. The van der Waals surface area contributed by atoms with Gasteiger partial charge in [0.2, 0.25) is 0 Å². The third kappa shape index (κ3) is 3.89. The number of thioether (sulfide) groups is 1. The molecule has 1 heterocycles. The van der Waals surface area contributed by atoms with Gasteiger partial charge in [-0.1, -0.05) is 11.8 Å². The first-order chi connectivity index (χ1) is 8.52. The zero-order valence-electron chi connectivity index (χ0n) is 11.0. The summed E-state index contributed by atoms with van der Waals surface area (Å²) in [7, 11) is 3.50. The number of hydrogen-bond donors (Lipinski definition) is 2. The van der Waals surface area contributed by atoms with Crippen molar-refractivity contribution in [3.63, 3.8) is 0 Å². The lowest BCUT2D eigenvalue weighted by molar-refractivity contribution is 0.439. The summed E-state index contributed by atoms with van der Waals surface area (Å²) < 4.78 is 1.50. The van der Waals surface area contributed by atoms with Crippen molar-refractivity contribution in [3.8, 4) is 6.07 Å². The van der Waals surface area contributed by atoms with Gasteiger partial charge in [-0.3, -0.25) is 4.57 Å². The van der Waals surface area contributed by atoms with E-state index < -0.39 is 5.54 Å². The molecule has 0 bridgehead atoms. The summed E-state index contributed by atoms with van der Waals surface area (Å²) in [6.07, 6.45) is 2.78. The van der Waals surface area contributed by atoms with Crippen LogP contribution in [0.25, 0.3) is 0 Å². The summed E-state index contributed by atoms with van der Waals surface area (Å²) in [5.41, 5.74) is -0.631. The van der Waals surface area contributed by atoms with Crippen LogP contribution in [0.5, 0.6) is 0 Å². The average molecular weight is 269 g/mol. The number of nitrogens with zero attached hydrogens (tertiary/aromatic N) is 3. The van der Waals surface area contributed by atoms with E-state index in [9.17, 15) is 4.79 Å². The molecule has 100 valence electrons. The highest BCUT2D eigenvalue weighted by atomic mass is 32.2. The lowest BCUT2D eigenvalue weighted by Crippen LogP contribution is -2.37. The van der Waals surface area contributed by atoms with E-state index in [2.05, 4.69) is 21.6 Å². The molecule has 0 amide bonds. The van der Waals surface area contributed by atoms with E-state index in [0.717, 1.165) is 25.0 Å². The summed E-state index contributed by atoms with van der Waals surface area (Å²) in [5.74, 6) is 0.892. The summed E-state index contributed by atoms with van der Waals surface area (Å²) in [5, 5.41) is 19.0. The van der Waals surface area contributed by atoms with E-state index in [4.69, 9.17) is 5.26 Å². The lowest BCUT2D eigenvalue weighted by Gasteiger charge is -2.20. The van der Waals surface area contributed by atoms with Crippen LogP contribution in [-0.2, 0) is 7.05 Å². The molecule has 7 heteroatoms. The van der Waals surface area contributed by atoms with E-state index >= 15 is 0 Å². The van der Waals surface area contributed by atoms with Gasteiger partial charge in [0.05, 0.1) is 6.07 Å². The van der Waals surface area contributed by atoms with E-state index in [1.807, 2.05) is 6.92 Å². The summed E-state index contributed by atoms with van der Waals surface area (Å²) in [4.78, 5) is 11.1. The number of unbranched alkanes of at least 4 members (excludes halogenated alkanes) is 1. The largest absolute Gasteiger partial charge is 0.343 e. The maximum atomic E-state index is 11.1. The van der Waals surface area contributed by atoms with Crippen LogP contribution in [0.3, 0.4) is 0 Å². The van der Waals surface area contributed by atoms with Crippen molar-refractivity contribution in [1.82, 2.24) is 20.1 Å². The van der Waals surface area contributed by atoms with Crippen molar-refractivity contribution < 1.29 is 0 Å². The maximum Gasteiger partial charge on any atom is 0.343 e. The highest BCUT2D eigenvalue weighted by Crippen LogP contribution is 2.17. The minimum absolute atomic E-state index is 0.190. The van der Waals surface area contributed by atoms with Crippen molar-refractivity contribution in [2.24, 2.45) is 7.05 Å². The van der Waals surface area contributed by atoms with E-state index in [1.165, 1.54) is 4.57 Å². The Hall–Kier alpha value is -1.26. The molecule has 0 saturated carbocycles. The van der Waals surface area contributed by atoms with Crippen LogP contribution in [-0.4, -0.2) is 33.1 Å². The molecule has 0 radical (unpaired) electrons. The Balaban J connectivity index is 2.26. The first kappa shape index (κ1) is 14.8. The zero-order valence-corrected chi connectivity index (χ0v) is 11.8. The quantitative estimate of drug-likeness (QED) is 0.566. The lowest BCUT2D eigenvalue weighted by atomic mass is 9.97. The number of nitriles is 1. The second kappa shape index (κ2) is 6.61. The van der Waals surface area contributed by atoms with E-state index in [-0.39, 0.29) is 5.69 Å². The Morgan fingerprint density at radius 1 is 1.61 bits per heavy atom. The molecule has 0 saturated heterocycles. The standard InChI is InChI=1S/C11H19N5OS/c1-11(8-12,13-2)6-4-5-7-18-10-15-14-9(17)16(10)3/h13H,4-7H2,1-3H3,(H,14,17). The highest BCUT2D eigenvalue weighted by Gasteiger charge is 2.19. The van der Waals surface area contributed by atoms with Crippen LogP contribution >= 0.6 is 11.8 Å². The minimum Gasteiger partial charge on any atom is -0.303 e. The predicted octanol–water partition coefficient (Wildman–Crippen LogP) is 0.872. The van der Waals surface area contributed by atoms with Crippen LogP contribution in [0.15, 0.2) is 9.95 Å². The second-order valence-corrected chi connectivity index (χ2v) is 5.43. The molecule has 0 spiro atoms. The van der Waals surface area contributed by atoms with Gasteiger partial charge in [0.25, 0.3) is 0 Å². The highest BCUT2D eigenvalue weighted by molar-refractivity contribution is 7.99. The first-order valence-corrected chi connectivity index (χ1v) is 6.85. The fourth-order valence-electron chi connectivity index (χ4n) is 1.44. The molecular formula is C11H19N5OS. The van der Waals surface area contributed by atoms with Crippen LogP contribution < -0.4 is 11.0 Å². The van der Waals surface area contributed by atoms with Gasteiger partial charge >= 0.3 is 5.69 Å². The summed E-state index contributed by atoms with van der Waals surface area (Å²) in [6, 6.07) is 2.27. The van der Waals surface area contributed by atoms with Crippen molar-refractivity contribution in [2.45, 2.75) is 36.9 Å². The fourth-order valence-corrected chi connectivity index (χ4v) is 2.36. The van der Waals surface area contributed by atoms with Crippen molar-refractivity contribution in [3.05, 3.63) is 10.5 Å². The molecule has 1 aromatic heterocycles. The number of H-pyrrole nitrogens is 1. The van der Waals surface area contributed by atoms with Gasteiger partial charge in [0, 0.05) is 12.8 Å². The Bertz CT molecular complexity index is 475. The van der Waals surface area contributed by atoms with Crippen LogP contribution in [0.2, 0.25) is 0 Å². The van der Waals surface area contributed by atoms with Gasteiger partial charge in [0.1, 0.15) is 5.54 Å². The minimum atomic E-state index is -0.441. The number of aromatic amines is 1. The number of rotatable bonds is 7. The number of hydrogen-bond acceptors (Lipinski definition) is 5. The van der Waals surface area contributed by atoms with Crippen LogP contribution in [0.4, 0.5) is 0 Å². The SMILES string of the molecule is CNC(C)(C#N)CCCCSc1n[nH]c(=O)n1C. The third-order valence-electron chi connectivity index (χ3n) is 2.94. The average Bonchev–Trinajstić information content (AvgIpc) is 2.70. The molecule has 1 rings (SSSR count). The third-order valence-corrected chi connectivity index (χ3v) is 4.06. The summed E-state index contributed by atoms with van der Waals surface area (Å²) in [6.45, 7) is 1.90. The molecular weight excluding hydrogens is 250 g/mol. The molecule has 0 fully saturated rings. The van der Waals surface area contributed by atoms with Crippen molar-refractivity contribution in [1.29, 1.82) is 5.26 Å². The molecule has 6 nitrogen and oxygen atoms in total. The molecule has 1 unspecified atom stereocenters. The van der Waals surface area contributed by atoms with Gasteiger partial charge in [0.15, 0.2) is 5.16 Å². The van der Waals surface area contributed by atoms with Gasteiger partial charge in [-0.05, 0) is 33.2 Å². The van der Waals surface area contributed by atoms with E-state index in [1.54, 1.807) is 25.9 Å². The monoisotopic (exact) mass is 269 g/mol. The van der Waals surface area contributed by atoms with Crippen LogP contribution in [0, 0.1) is 11.3 Å². The second-order valence-electron chi connectivity index (χ2n) is 4.37. The van der Waals surface area contributed by atoms with Gasteiger partial charge < -0.3 is 5.32 Å². The smallest absolute Gasteiger partial charge is 0.303 e. The van der Waals surface area contributed by atoms with Gasteiger partial charge in [-0.15, -0.1) is 5.10 Å². The molecule has 0 aliphatic rings.